The van der Waals surface area contributed by atoms with Gasteiger partial charge in [0.15, 0.2) is 0 Å². The molecule has 2 saturated heterocycles. The number of imidazole rings is 1. The molecular formula is C24H22N6O3. The lowest BCUT2D eigenvalue weighted by atomic mass is 10.2. The van der Waals surface area contributed by atoms with Gasteiger partial charge in [-0.3, -0.25) is 14.3 Å². The molecular weight excluding hydrogens is 420 g/mol. The number of benzene rings is 1. The number of fused-ring (bicyclic) bond motifs is 3. The van der Waals surface area contributed by atoms with Gasteiger partial charge in [0.25, 0.3) is 11.8 Å². The van der Waals surface area contributed by atoms with Crippen LogP contribution in [0.4, 0.5) is 5.69 Å². The van der Waals surface area contributed by atoms with Gasteiger partial charge in [-0.25, -0.2) is 4.98 Å². The fraction of sp³-hybridized carbons (Fsp3) is 0.250. The van der Waals surface area contributed by atoms with E-state index in [0.29, 0.717) is 30.0 Å². The number of anilines is 1. The summed E-state index contributed by atoms with van der Waals surface area (Å²) < 4.78 is 8.94. The Hall–Kier alpha value is -3.98. The highest BCUT2D eigenvalue weighted by atomic mass is 16.5. The molecule has 2 bridgehead atoms. The van der Waals surface area contributed by atoms with Crippen molar-refractivity contribution in [3.63, 3.8) is 0 Å². The molecule has 1 aromatic carbocycles. The van der Waals surface area contributed by atoms with Gasteiger partial charge in [-0.05, 0) is 12.5 Å². The van der Waals surface area contributed by atoms with Gasteiger partial charge in [0.2, 0.25) is 0 Å². The van der Waals surface area contributed by atoms with Gasteiger partial charge in [0.05, 0.1) is 36.2 Å². The van der Waals surface area contributed by atoms with Crippen LogP contribution in [0.3, 0.4) is 0 Å². The van der Waals surface area contributed by atoms with Crippen molar-refractivity contribution >= 4 is 23.1 Å². The Labute approximate surface area is 189 Å². The zero-order valence-electron chi connectivity index (χ0n) is 18.0. The molecule has 3 aromatic heterocycles. The van der Waals surface area contributed by atoms with Crippen molar-refractivity contribution in [1.82, 2.24) is 24.1 Å². The van der Waals surface area contributed by atoms with Crippen molar-refractivity contribution in [3.05, 3.63) is 72.3 Å². The number of hydrogen-bond donors (Lipinski definition) is 1. The number of carbonyl (C=O) groups excluding carboxylic acids is 2. The van der Waals surface area contributed by atoms with Crippen LogP contribution in [-0.4, -0.2) is 61.2 Å². The molecule has 2 fully saturated rings. The third-order valence-corrected chi connectivity index (χ3v) is 6.33. The quantitative estimate of drug-likeness (QED) is 0.524. The summed E-state index contributed by atoms with van der Waals surface area (Å²) in [5, 5.41) is 7.08. The van der Waals surface area contributed by atoms with Crippen LogP contribution >= 0.6 is 0 Å². The first-order chi connectivity index (χ1) is 16.1. The zero-order valence-corrected chi connectivity index (χ0v) is 18.0. The molecule has 166 valence electrons. The Bertz CT molecular complexity index is 1380. The van der Waals surface area contributed by atoms with Crippen molar-refractivity contribution in [2.45, 2.75) is 18.6 Å². The summed E-state index contributed by atoms with van der Waals surface area (Å²) in [4.78, 5) is 32.8. The van der Waals surface area contributed by atoms with Crippen LogP contribution in [-0.2, 0) is 11.8 Å². The number of nitrogens with one attached hydrogen (secondary N) is 1. The topological polar surface area (TPSA) is 93.8 Å². The Morgan fingerprint density at radius 1 is 1.18 bits per heavy atom. The summed E-state index contributed by atoms with van der Waals surface area (Å²) in [5.41, 5.74) is 3.70. The van der Waals surface area contributed by atoms with Crippen molar-refractivity contribution in [2.24, 2.45) is 7.05 Å². The first kappa shape index (κ1) is 19.7. The standard InChI is InChI=1S/C24H22N6O3/c1-28-22(19(11-25-28)24(32)30-12-18-10-17(30)14-33-18)23(31)26-16-7-8-29-13-20(27-21(29)9-16)15-5-3-2-4-6-15/h2-9,11,13,17-18H,10,12,14H2,1H3,(H,26,31)/t17-,18-/m0/s1. The molecule has 2 atom stereocenters. The maximum absolute atomic E-state index is 13.2. The number of rotatable bonds is 4. The molecule has 2 aliphatic heterocycles. The Kier molecular flexibility index (Phi) is 4.51. The highest BCUT2D eigenvalue weighted by Gasteiger charge is 2.42. The number of aromatic nitrogens is 4. The van der Waals surface area contributed by atoms with Crippen molar-refractivity contribution < 1.29 is 14.3 Å². The van der Waals surface area contributed by atoms with Crippen LogP contribution in [0.5, 0.6) is 0 Å². The summed E-state index contributed by atoms with van der Waals surface area (Å²) in [6, 6.07) is 13.6. The lowest BCUT2D eigenvalue weighted by Crippen LogP contribution is -2.42. The molecule has 0 spiro atoms. The number of hydrogen-bond acceptors (Lipinski definition) is 5. The van der Waals surface area contributed by atoms with Gasteiger partial charge < -0.3 is 19.4 Å². The Balaban J connectivity index is 1.25. The SMILES string of the molecule is Cn1ncc(C(=O)N2C[C@@H]3C[C@H]2CO3)c1C(=O)Nc1ccn2cc(-c3ccccc3)nc2c1. The van der Waals surface area contributed by atoms with E-state index in [0.717, 1.165) is 17.7 Å². The second-order valence-corrected chi connectivity index (χ2v) is 8.46. The van der Waals surface area contributed by atoms with Crippen LogP contribution in [0.25, 0.3) is 16.9 Å². The second-order valence-electron chi connectivity index (χ2n) is 8.46. The summed E-state index contributed by atoms with van der Waals surface area (Å²) >= 11 is 0. The predicted octanol–water partition coefficient (Wildman–Crippen LogP) is 2.60. The van der Waals surface area contributed by atoms with Gasteiger partial charge in [-0.2, -0.15) is 5.10 Å². The maximum Gasteiger partial charge on any atom is 0.274 e. The number of aryl methyl sites for hydroxylation is 1. The number of morpholine rings is 1. The van der Waals surface area contributed by atoms with Crippen LogP contribution in [0.2, 0.25) is 0 Å². The lowest BCUT2D eigenvalue weighted by Gasteiger charge is -2.26. The third-order valence-electron chi connectivity index (χ3n) is 6.33. The van der Waals surface area contributed by atoms with E-state index in [-0.39, 0.29) is 23.7 Å². The van der Waals surface area contributed by atoms with Gasteiger partial charge in [0, 0.05) is 43.3 Å². The summed E-state index contributed by atoms with van der Waals surface area (Å²) in [7, 11) is 1.66. The van der Waals surface area contributed by atoms with E-state index in [4.69, 9.17) is 4.74 Å². The molecule has 0 aliphatic carbocycles. The van der Waals surface area contributed by atoms with E-state index in [1.54, 1.807) is 24.1 Å². The highest BCUT2D eigenvalue weighted by molar-refractivity contribution is 6.11. The molecule has 0 unspecified atom stereocenters. The first-order valence-corrected chi connectivity index (χ1v) is 10.9. The van der Waals surface area contributed by atoms with E-state index < -0.39 is 5.91 Å². The molecule has 0 saturated carbocycles. The Morgan fingerprint density at radius 2 is 2.03 bits per heavy atom. The normalized spacial score (nSPS) is 19.4. The molecule has 9 nitrogen and oxygen atoms in total. The fourth-order valence-corrected chi connectivity index (χ4v) is 4.66. The summed E-state index contributed by atoms with van der Waals surface area (Å²) in [6.07, 6.45) is 6.20. The average Bonchev–Trinajstić information content (AvgIpc) is 3.62. The molecule has 0 radical (unpaired) electrons. The smallest absolute Gasteiger partial charge is 0.274 e. The van der Waals surface area contributed by atoms with Gasteiger partial charge in [0.1, 0.15) is 11.3 Å². The van der Waals surface area contributed by atoms with E-state index >= 15 is 0 Å². The predicted molar refractivity (Wildman–Crippen MR) is 121 cm³/mol. The number of ether oxygens (including phenoxy) is 1. The fourth-order valence-electron chi connectivity index (χ4n) is 4.66. The average molecular weight is 442 g/mol. The minimum absolute atomic E-state index is 0.0697. The lowest BCUT2D eigenvalue weighted by molar-refractivity contribution is 0.0258. The monoisotopic (exact) mass is 442 g/mol. The molecule has 4 aromatic rings. The minimum Gasteiger partial charge on any atom is -0.374 e. The molecule has 33 heavy (non-hydrogen) atoms. The molecule has 2 amide bonds. The maximum atomic E-state index is 13.2. The van der Waals surface area contributed by atoms with E-state index in [9.17, 15) is 9.59 Å². The molecule has 6 rings (SSSR count). The molecule has 5 heterocycles. The van der Waals surface area contributed by atoms with Crippen molar-refractivity contribution in [3.8, 4) is 11.3 Å². The number of pyridine rings is 1. The summed E-state index contributed by atoms with van der Waals surface area (Å²) in [6.45, 7) is 1.10. The van der Waals surface area contributed by atoms with Crippen LogP contribution in [0, 0.1) is 0 Å². The minimum atomic E-state index is -0.391. The van der Waals surface area contributed by atoms with Gasteiger partial charge in [-0.15, -0.1) is 0 Å². The van der Waals surface area contributed by atoms with E-state index in [2.05, 4.69) is 15.4 Å². The van der Waals surface area contributed by atoms with Gasteiger partial charge >= 0.3 is 0 Å². The van der Waals surface area contributed by atoms with Crippen LogP contribution in [0.1, 0.15) is 27.3 Å². The van der Waals surface area contributed by atoms with Crippen LogP contribution in [0.15, 0.2) is 61.1 Å². The third kappa shape index (κ3) is 3.37. The molecule has 9 heteroatoms. The van der Waals surface area contributed by atoms with Crippen molar-refractivity contribution in [1.29, 1.82) is 0 Å². The zero-order chi connectivity index (χ0) is 22.5. The second kappa shape index (κ2) is 7.56. The van der Waals surface area contributed by atoms with E-state index in [1.165, 1.54) is 10.9 Å². The number of nitrogens with zero attached hydrogens (tertiary/aromatic N) is 5. The van der Waals surface area contributed by atoms with Crippen LogP contribution < -0.4 is 5.32 Å². The van der Waals surface area contributed by atoms with E-state index in [1.807, 2.05) is 47.1 Å². The van der Waals surface area contributed by atoms with Crippen molar-refractivity contribution in [2.75, 3.05) is 18.5 Å². The summed E-state index contributed by atoms with van der Waals surface area (Å²) in [5.74, 6) is -0.571. The molecule has 1 N–H and O–H groups in total. The largest absolute Gasteiger partial charge is 0.374 e. The van der Waals surface area contributed by atoms with Gasteiger partial charge in [-0.1, -0.05) is 30.3 Å². The number of amides is 2. The number of carbonyl (C=O) groups is 2. The highest BCUT2D eigenvalue weighted by Crippen LogP contribution is 2.30. The number of likely N-dealkylation sites (tertiary alicyclic amines) is 1. The Morgan fingerprint density at radius 3 is 2.79 bits per heavy atom. The molecule has 2 aliphatic rings. The first-order valence-electron chi connectivity index (χ1n) is 10.9.